The van der Waals surface area contributed by atoms with E-state index in [1.165, 1.54) is 10.4 Å². The van der Waals surface area contributed by atoms with Gasteiger partial charge in [0.15, 0.2) is 0 Å². The van der Waals surface area contributed by atoms with Crippen LogP contribution in [0.25, 0.3) is 10.4 Å². The molecule has 2 aromatic heterocycles. The highest BCUT2D eigenvalue weighted by molar-refractivity contribution is 7.80. The van der Waals surface area contributed by atoms with E-state index in [-0.39, 0.29) is 0 Å². The third-order valence-corrected chi connectivity index (χ3v) is 5.09. The average molecular weight is 240 g/mol. The predicted octanol–water partition coefficient (Wildman–Crippen LogP) is 3.56. The normalized spacial score (nSPS) is 10.4. The molecule has 2 nitrogen and oxygen atoms in total. The fraction of sp³-hybridized carbons (Fsp3) is 0.222. The summed E-state index contributed by atoms with van der Waals surface area (Å²) in [6.07, 6.45) is 6.18. The smallest absolute Gasteiger partial charge is 0.115 e. The SMILES string of the molecule is CCc1c(-c2cncnc2)ssc1=S. The van der Waals surface area contributed by atoms with Crippen molar-refractivity contribution >= 4 is 32.9 Å². The van der Waals surface area contributed by atoms with E-state index in [0.29, 0.717) is 0 Å². The second-order valence-corrected chi connectivity index (χ2v) is 5.56. The number of nitrogens with zero attached hydrogens (tertiary/aromatic N) is 2. The minimum atomic E-state index is 0.975. The van der Waals surface area contributed by atoms with Crippen LogP contribution in [0, 0.1) is 3.82 Å². The molecule has 2 rings (SSSR count). The van der Waals surface area contributed by atoms with E-state index in [1.54, 1.807) is 27.0 Å². The molecule has 0 radical (unpaired) electrons. The van der Waals surface area contributed by atoms with Crippen molar-refractivity contribution < 1.29 is 0 Å². The number of hydrogen-bond acceptors (Lipinski definition) is 5. The maximum atomic E-state index is 5.26. The van der Waals surface area contributed by atoms with Gasteiger partial charge in [0.05, 0.1) is 4.88 Å². The molecule has 0 aliphatic carbocycles. The molecular formula is C9H8N2S3. The average Bonchev–Trinajstić information content (AvgIpc) is 2.61. The third-order valence-electron chi connectivity index (χ3n) is 1.90. The van der Waals surface area contributed by atoms with Gasteiger partial charge in [-0.1, -0.05) is 39.8 Å². The first kappa shape index (κ1) is 9.89. The zero-order valence-electron chi connectivity index (χ0n) is 7.56. The molecule has 0 unspecified atom stereocenters. The summed E-state index contributed by atoms with van der Waals surface area (Å²) in [7, 11) is 3.36. The predicted molar refractivity (Wildman–Crippen MR) is 63.4 cm³/mol. The fourth-order valence-electron chi connectivity index (χ4n) is 1.22. The molecule has 0 spiro atoms. The lowest BCUT2D eigenvalue weighted by Crippen LogP contribution is -1.84. The molecule has 2 heterocycles. The maximum absolute atomic E-state index is 5.26. The molecule has 14 heavy (non-hydrogen) atoms. The summed E-state index contributed by atoms with van der Waals surface area (Å²) < 4.78 is 0.997. The van der Waals surface area contributed by atoms with Crippen LogP contribution in [0.15, 0.2) is 18.7 Å². The van der Waals surface area contributed by atoms with Gasteiger partial charge in [-0.2, -0.15) is 0 Å². The quantitative estimate of drug-likeness (QED) is 0.593. The van der Waals surface area contributed by atoms with Gasteiger partial charge in [-0.15, -0.1) is 0 Å². The molecule has 0 fully saturated rings. The minimum absolute atomic E-state index is 0.975. The van der Waals surface area contributed by atoms with Gasteiger partial charge in [0.25, 0.3) is 0 Å². The van der Waals surface area contributed by atoms with Gasteiger partial charge in [0.2, 0.25) is 0 Å². The summed E-state index contributed by atoms with van der Waals surface area (Å²) in [5.74, 6) is 0. The second kappa shape index (κ2) is 4.25. The van der Waals surface area contributed by atoms with E-state index >= 15 is 0 Å². The van der Waals surface area contributed by atoms with Crippen molar-refractivity contribution in [2.24, 2.45) is 0 Å². The maximum Gasteiger partial charge on any atom is 0.115 e. The van der Waals surface area contributed by atoms with Crippen LogP contribution in [0.5, 0.6) is 0 Å². The van der Waals surface area contributed by atoms with Gasteiger partial charge < -0.3 is 0 Å². The molecule has 0 atom stereocenters. The first-order valence-corrected chi connectivity index (χ1v) is 6.76. The molecule has 72 valence electrons. The van der Waals surface area contributed by atoms with E-state index in [9.17, 15) is 0 Å². The van der Waals surface area contributed by atoms with Crippen LogP contribution in [0.4, 0.5) is 0 Å². The lowest BCUT2D eigenvalue weighted by atomic mass is 10.1. The number of rotatable bonds is 2. The van der Waals surface area contributed by atoms with Crippen LogP contribution in [0.1, 0.15) is 12.5 Å². The van der Waals surface area contributed by atoms with E-state index in [4.69, 9.17) is 12.2 Å². The van der Waals surface area contributed by atoms with Gasteiger partial charge in [0.1, 0.15) is 10.2 Å². The monoisotopic (exact) mass is 240 g/mol. The lowest BCUT2D eigenvalue weighted by molar-refractivity contribution is 1.14. The van der Waals surface area contributed by atoms with Crippen molar-refractivity contribution in [3.8, 4) is 10.4 Å². The van der Waals surface area contributed by atoms with Crippen LogP contribution in [0.3, 0.4) is 0 Å². The van der Waals surface area contributed by atoms with Gasteiger partial charge in [-0.25, -0.2) is 9.97 Å². The molecule has 0 aliphatic heterocycles. The van der Waals surface area contributed by atoms with Gasteiger partial charge in [0, 0.05) is 18.0 Å². The highest BCUT2D eigenvalue weighted by Gasteiger charge is 2.08. The third kappa shape index (κ3) is 1.75. The van der Waals surface area contributed by atoms with E-state index in [0.717, 1.165) is 15.8 Å². The molecule has 0 saturated carbocycles. The Morgan fingerprint density at radius 2 is 2.00 bits per heavy atom. The summed E-state index contributed by atoms with van der Waals surface area (Å²) in [5.41, 5.74) is 2.33. The summed E-state index contributed by atoms with van der Waals surface area (Å²) in [4.78, 5) is 9.25. The van der Waals surface area contributed by atoms with Crippen LogP contribution >= 0.6 is 32.9 Å². The van der Waals surface area contributed by atoms with E-state index in [2.05, 4.69) is 16.9 Å². The zero-order chi connectivity index (χ0) is 9.97. The number of aromatic nitrogens is 2. The zero-order valence-corrected chi connectivity index (χ0v) is 10.0. The van der Waals surface area contributed by atoms with Crippen LogP contribution < -0.4 is 0 Å². The molecule has 2 aromatic rings. The number of hydrogen-bond donors (Lipinski definition) is 0. The Balaban J connectivity index is 2.57. The van der Waals surface area contributed by atoms with Crippen molar-refractivity contribution in [3.63, 3.8) is 0 Å². The highest BCUT2D eigenvalue weighted by Crippen LogP contribution is 2.33. The van der Waals surface area contributed by atoms with Gasteiger partial charge in [-0.05, 0) is 12.0 Å². The fourth-order valence-corrected chi connectivity index (χ4v) is 4.32. The van der Waals surface area contributed by atoms with Crippen molar-refractivity contribution in [2.45, 2.75) is 13.3 Å². The highest BCUT2D eigenvalue weighted by atomic mass is 32.9. The summed E-state index contributed by atoms with van der Waals surface area (Å²) in [5, 5.41) is 0. The van der Waals surface area contributed by atoms with Crippen molar-refractivity contribution in [3.05, 3.63) is 28.1 Å². The van der Waals surface area contributed by atoms with Crippen molar-refractivity contribution in [1.29, 1.82) is 0 Å². The van der Waals surface area contributed by atoms with Crippen molar-refractivity contribution in [1.82, 2.24) is 9.97 Å². The Labute approximate surface area is 94.7 Å². The molecule has 0 aliphatic rings. The largest absolute Gasteiger partial charge is 0.244 e. The molecule has 0 N–H and O–H groups in total. The van der Waals surface area contributed by atoms with E-state index in [1.807, 2.05) is 12.4 Å². The van der Waals surface area contributed by atoms with Crippen molar-refractivity contribution in [2.75, 3.05) is 0 Å². The Morgan fingerprint density at radius 1 is 1.29 bits per heavy atom. The summed E-state index contributed by atoms with van der Waals surface area (Å²) >= 11 is 5.26. The Kier molecular flexibility index (Phi) is 3.00. The molecule has 0 bridgehead atoms. The Bertz CT molecular complexity index is 472. The first-order valence-electron chi connectivity index (χ1n) is 4.20. The molecular weight excluding hydrogens is 232 g/mol. The molecule has 0 aromatic carbocycles. The summed E-state index contributed by atoms with van der Waals surface area (Å²) in [6, 6.07) is 0. The van der Waals surface area contributed by atoms with E-state index < -0.39 is 0 Å². The molecule has 0 saturated heterocycles. The Morgan fingerprint density at radius 3 is 2.64 bits per heavy atom. The topological polar surface area (TPSA) is 25.8 Å². The Hall–Kier alpha value is -0.650. The van der Waals surface area contributed by atoms with Crippen LogP contribution in [-0.4, -0.2) is 9.97 Å². The van der Waals surface area contributed by atoms with Gasteiger partial charge >= 0.3 is 0 Å². The summed E-state index contributed by atoms with van der Waals surface area (Å²) in [6.45, 7) is 2.12. The minimum Gasteiger partial charge on any atom is -0.244 e. The standard InChI is InChI=1S/C9H8N2S3/c1-2-7-8(13-14-9(7)12)6-3-10-5-11-4-6/h3-5H,2H2,1H3. The molecule has 0 amide bonds. The van der Waals surface area contributed by atoms with Crippen LogP contribution in [-0.2, 0) is 6.42 Å². The van der Waals surface area contributed by atoms with Crippen LogP contribution in [0.2, 0.25) is 0 Å². The lowest BCUT2D eigenvalue weighted by Gasteiger charge is -1.98. The van der Waals surface area contributed by atoms with Gasteiger partial charge in [-0.3, -0.25) is 0 Å². The molecule has 5 heteroatoms. The first-order chi connectivity index (χ1) is 6.83. The second-order valence-electron chi connectivity index (χ2n) is 2.74.